The zero-order chi connectivity index (χ0) is 11.0. The van der Waals surface area contributed by atoms with Crippen molar-refractivity contribution in [3.05, 3.63) is 40.5 Å². The van der Waals surface area contributed by atoms with Crippen LogP contribution in [0.2, 0.25) is 5.02 Å². The van der Waals surface area contributed by atoms with E-state index in [0.29, 0.717) is 5.92 Å². The molecule has 0 aliphatic carbocycles. The maximum absolute atomic E-state index is 6.22. The summed E-state index contributed by atoms with van der Waals surface area (Å²) in [7, 11) is 0. The number of pyridine rings is 1. The average Bonchev–Trinajstić information content (AvgIpc) is 2.18. The SMILES string of the molecule is Cc1ccc2cc(C(C)C)cc(Cl)c2n1. The number of benzene rings is 1. The van der Waals surface area contributed by atoms with Crippen molar-refractivity contribution in [3.8, 4) is 0 Å². The van der Waals surface area contributed by atoms with E-state index in [1.807, 2.05) is 19.1 Å². The van der Waals surface area contributed by atoms with Gasteiger partial charge in [0.2, 0.25) is 0 Å². The minimum absolute atomic E-state index is 0.494. The lowest BCUT2D eigenvalue weighted by molar-refractivity contribution is 0.868. The molecule has 78 valence electrons. The van der Waals surface area contributed by atoms with Crippen molar-refractivity contribution in [2.75, 3.05) is 0 Å². The molecule has 0 bridgehead atoms. The second-order valence-electron chi connectivity index (χ2n) is 4.18. The monoisotopic (exact) mass is 219 g/mol. The second kappa shape index (κ2) is 3.82. The Labute approximate surface area is 95.1 Å². The molecule has 0 fully saturated rings. The molecule has 0 N–H and O–H groups in total. The number of hydrogen-bond acceptors (Lipinski definition) is 1. The summed E-state index contributed by atoms with van der Waals surface area (Å²) < 4.78 is 0. The molecule has 0 unspecified atom stereocenters. The fourth-order valence-electron chi connectivity index (χ4n) is 1.64. The van der Waals surface area contributed by atoms with Crippen LogP contribution in [0.4, 0.5) is 0 Å². The Balaban J connectivity index is 2.73. The molecule has 2 rings (SSSR count). The van der Waals surface area contributed by atoms with Crippen LogP contribution in [0.5, 0.6) is 0 Å². The van der Waals surface area contributed by atoms with Crippen molar-refractivity contribution in [3.63, 3.8) is 0 Å². The number of aryl methyl sites for hydroxylation is 1. The van der Waals surface area contributed by atoms with Crippen LogP contribution >= 0.6 is 11.6 Å². The van der Waals surface area contributed by atoms with Gasteiger partial charge in [-0.25, -0.2) is 0 Å². The standard InChI is InChI=1S/C13H14ClN/c1-8(2)11-6-10-5-4-9(3)15-13(10)12(14)7-11/h4-8H,1-3H3. The van der Waals surface area contributed by atoms with E-state index >= 15 is 0 Å². The molecule has 0 spiro atoms. The smallest absolute Gasteiger partial charge is 0.0891 e. The summed E-state index contributed by atoms with van der Waals surface area (Å²) >= 11 is 6.22. The molecule has 2 aromatic rings. The third-order valence-electron chi connectivity index (χ3n) is 2.57. The van der Waals surface area contributed by atoms with Gasteiger partial charge in [0.1, 0.15) is 0 Å². The number of aromatic nitrogens is 1. The lowest BCUT2D eigenvalue weighted by Crippen LogP contribution is -1.90. The summed E-state index contributed by atoms with van der Waals surface area (Å²) in [6.45, 7) is 6.31. The van der Waals surface area contributed by atoms with E-state index in [2.05, 4.69) is 31.0 Å². The van der Waals surface area contributed by atoms with Gasteiger partial charge >= 0.3 is 0 Å². The average molecular weight is 220 g/mol. The van der Waals surface area contributed by atoms with Gasteiger partial charge in [0.25, 0.3) is 0 Å². The van der Waals surface area contributed by atoms with E-state index in [9.17, 15) is 0 Å². The van der Waals surface area contributed by atoms with E-state index in [1.165, 1.54) is 5.56 Å². The van der Waals surface area contributed by atoms with Crippen molar-refractivity contribution in [1.82, 2.24) is 4.98 Å². The van der Waals surface area contributed by atoms with Gasteiger partial charge < -0.3 is 0 Å². The fourth-order valence-corrected chi connectivity index (χ4v) is 1.92. The van der Waals surface area contributed by atoms with Crippen LogP contribution in [-0.4, -0.2) is 4.98 Å². The first kappa shape index (κ1) is 10.4. The molecule has 1 aromatic carbocycles. The van der Waals surface area contributed by atoms with Crippen LogP contribution in [0.3, 0.4) is 0 Å². The number of halogens is 1. The number of fused-ring (bicyclic) bond motifs is 1. The summed E-state index contributed by atoms with van der Waals surface area (Å²) in [5, 5.41) is 1.87. The Morgan fingerprint density at radius 1 is 1.20 bits per heavy atom. The lowest BCUT2D eigenvalue weighted by Gasteiger charge is -2.08. The second-order valence-corrected chi connectivity index (χ2v) is 4.59. The molecular weight excluding hydrogens is 206 g/mol. The maximum atomic E-state index is 6.22. The molecule has 1 heterocycles. The predicted octanol–water partition coefficient (Wildman–Crippen LogP) is 4.32. The summed E-state index contributed by atoms with van der Waals surface area (Å²) in [6, 6.07) is 8.28. The molecule has 0 saturated carbocycles. The van der Waals surface area contributed by atoms with Crippen LogP contribution in [0.25, 0.3) is 10.9 Å². The highest BCUT2D eigenvalue weighted by Crippen LogP contribution is 2.27. The van der Waals surface area contributed by atoms with E-state index in [4.69, 9.17) is 11.6 Å². The molecule has 1 nitrogen and oxygen atoms in total. The van der Waals surface area contributed by atoms with E-state index in [0.717, 1.165) is 21.6 Å². The number of rotatable bonds is 1. The van der Waals surface area contributed by atoms with Crippen molar-refractivity contribution in [2.24, 2.45) is 0 Å². The van der Waals surface area contributed by atoms with Gasteiger partial charge in [-0.15, -0.1) is 0 Å². The summed E-state index contributed by atoms with van der Waals surface area (Å²) in [5.41, 5.74) is 3.17. The fraction of sp³-hybridized carbons (Fsp3) is 0.308. The van der Waals surface area contributed by atoms with E-state index < -0.39 is 0 Å². The largest absolute Gasteiger partial charge is 0.252 e. The van der Waals surface area contributed by atoms with Gasteiger partial charge in [-0.05, 0) is 36.6 Å². The summed E-state index contributed by atoms with van der Waals surface area (Å²) in [6.07, 6.45) is 0. The zero-order valence-electron chi connectivity index (χ0n) is 9.21. The molecule has 0 saturated heterocycles. The van der Waals surface area contributed by atoms with Crippen LogP contribution in [0.15, 0.2) is 24.3 Å². The number of hydrogen-bond donors (Lipinski definition) is 0. The Bertz CT molecular complexity index is 503. The van der Waals surface area contributed by atoms with E-state index in [1.54, 1.807) is 0 Å². The van der Waals surface area contributed by atoms with Crippen LogP contribution in [0, 0.1) is 6.92 Å². The molecule has 15 heavy (non-hydrogen) atoms. The van der Waals surface area contributed by atoms with Gasteiger partial charge in [0.15, 0.2) is 0 Å². The molecule has 2 heteroatoms. The van der Waals surface area contributed by atoms with Crippen LogP contribution in [-0.2, 0) is 0 Å². The quantitative estimate of drug-likeness (QED) is 0.696. The van der Waals surface area contributed by atoms with Crippen molar-refractivity contribution < 1.29 is 0 Å². The van der Waals surface area contributed by atoms with Crippen molar-refractivity contribution >= 4 is 22.5 Å². The van der Waals surface area contributed by atoms with Gasteiger partial charge in [-0.2, -0.15) is 0 Å². The summed E-state index contributed by atoms with van der Waals surface area (Å²) in [5.74, 6) is 0.494. The van der Waals surface area contributed by atoms with Gasteiger partial charge in [-0.1, -0.05) is 31.5 Å². The molecule has 0 aliphatic rings. The first-order valence-electron chi connectivity index (χ1n) is 5.14. The molecule has 0 atom stereocenters. The van der Waals surface area contributed by atoms with Gasteiger partial charge in [0, 0.05) is 11.1 Å². The highest BCUT2D eigenvalue weighted by Gasteiger charge is 2.06. The normalized spacial score (nSPS) is 11.3. The number of nitrogens with zero attached hydrogens (tertiary/aromatic N) is 1. The Hall–Kier alpha value is -1.08. The molecule has 0 aliphatic heterocycles. The van der Waals surface area contributed by atoms with Crippen LogP contribution in [0.1, 0.15) is 31.0 Å². The minimum Gasteiger partial charge on any atom is -0.252 e. The van der Waals surface area contributed by atoms with Gasteiger partial charge in [0.05, 0.1) is 10.5 Å². The Morgan fingerprint density at radius 2 is 1.93 bits per heavy atom. The third kappa shape index (κ3) is 1.98. The molecular formula is C13H14ClN. The highest BCUT2D eigenvalue weighted by atomic mass is 35.5. The Kier molecular flexibility index (Phi) is 2.66. The minimum atomic E-state index is 0.494. The first-order chi connectivity index (χ1) is 7.08. The van der Waals surface area contributed by atoms with Gasteiger partial charge in [-0.3, -0.25) is 4.98 Å². The van der Waals surface area contributed by atoms with E-state index in [-0.39, 0.29) is 0 Å². The summed E-state index contributed by atoms with van der Waals surface area (Å²) in [4.78, 5) is 4.44. The Morgan fingerprint density at radius 3 is 2.60 bits per heavy atom. The topological polar surface area (TPSA) is 12.9 Å². The zero-order valence-corrected chi connectivity index (χ0v) is 9.97. The predicted molar refractivity (Wildman–Crippen MR) is 65.6 cm³/mol. The van der Waals surface area contributed by atoms with Crippen molar-refractivity contribution in [2.45, 2.75) is 26.7 Å². The lowest BCUT2D eigenvalue weighted by atomic mass is 10.0. The molecule has 1 aromatic heterocycles. The first-order valence-corrected chi connectivity index (χ1v) is 5.52. The van der Waals surface area contributed by atoms with Crippen LogP contribution < -0.4 is 0 Å². The third-order valence-corrected chi connectivity index (χ3v) is 2.86. The molecule has 0 radical (unpaired) electrons. The maximum Gasteiger partial charge on any atom is 0.0891 e. The molecule has 0 amide bonds. The highest BCUT2D eigenvalue weighted by molar-refractivity contribution is 6.35. The van der Waals surface area contributed by atoms with Crippen molar-refractivity contribution in [1.29, 1.82) is 0 Å².